The van der Waals surface area contributed by atoms with Crippen molar-refractivity contribution in [2.75, 3.05) is 26.4 Å². The fourth-order valence-corrected chi connectivity index (χ4v) is 2.88. The molecule has 0 bridgehead atoms. The second-order valence-corrected chi connectivity index (χ2v) is 6.09. The van der Waals surface area contributed by atoms with E-state index in [1.165, 1.54) is 0 Å². The van der Waals surface area contributed by atoms with E-state index in [-0.39, 0.29) is 5.60 Å². The first-order valence-electron chi connectivity index (χ1n) is 8.49. The van der Waals surface area contributed by atoms with Crippen LogP contribution in [0.1, 0.15) is 45.1 Å². The number of unbranched alkanes of at least 4 members (excludes halogenated alkanes) is 1. The summed E-state index contributed by atoms with van der Waals surface area (Å²) in [7, 11) is 0. The van der Waals surface area contributed by atoms with Crippen molar-refractivity contribution in [2.45, 2.75) is 45.1 Å². The average Bonchev–Trinajstić information content (AvgIpc) is 3.20. The first kappa shape index (κ1) is 16.1. The molecule has 1 saturated heterocycles. The summed E-state index contributed by atoms with van der Waals surface area (Å²) in [5, 5.41) is 4.29. The number of ether oxygens (including phenoxy) is 3. The van der Waals surface area contributed by atoms with Gasteiger partial charge in [0.25, 0.3) is 0 Å². The predicted octanol–water partition coefficient (Wildman–Crippen LogP) is 3.55. The van der Waals surface area contributed by atoms with Crippen LogP contribution in [0.3, 0.4) is 0 Å². The molecule has 1 fully saturated rings. The number of nitrogens with zero attached hydrogens (tertiary/aromatic N) is 1. The smallest absolute Gasteiger partial charge is 0.168 e. The third-order valence-corrected chi connectivity index (χ3v) is 4.24. The lowest BCUT2D eigenvalue weighted by atomic mass is 9.93. The summed E-state index contributed by atoms with van der Waals surface area (Å²) >= 11 is 0. The van der Waals surface area contributed by atoms with Gasteiger partial charge in [-0.3, -0.25) is 0 Å². The Labute approximate surface area is 137 Å². The molecule has 2 aliphatic rings. The van der Waals surface area contributed by atoms with Crippen LogP contribution in [-0.2, 0) is 9.57 Å². The Balaban J connectivity index is 1.74. The zero-order chi connectivity index (χ0) is 16.1. The molecule has 1 aromatic carbocycles. The third kappa shape index (κ3) is 3.61. The number of oxime groups is 1. The summed E-state index contributed by atoms with van der Waals surface area (Å²) in [5.74, 6) is 1.56. The van der Waals surface area contributed by atoms with Gasteiger partial charge in [-0.25, -0.2) is 0 Å². The van der Waals surface area contributed by atoms with Gasteiger partial charge >= 0.3 is 0 Å². The fourth-order valence-electron chi connectivity index (χ4n) is 2.88. The Morgan fingerprint density at radius 3 is 2.87 bits per heavy atom. The first-order valence-corrected chi connectivity index (χ1v) is 8.49. The normalized spacial score (nSPS) is 23.0. The van der Waals surface area contributed by atoms with Crippen LogP contribution in [0.5, 0.6) is 11.5 Å². The quantitative estimate of drug-likeness (QED) is 0.721. The monoisotopic (exact) mass is 319 g/mol. The highest BCUT2D eigenvalue weighted by Gasteiger charge is 2.43. The van der Waals surface area contributed by atoms with Crippen molar-refractivity contribution in [3.8, 4) is 11.5 Å². The van der Waals surface area contributed by atoms with Crippen LogP contribution in [-0.4, -0.2) is 37.7 Å². The lowest BCUT2D eigenvalue weighted by Gasteiger charge is -2.17. The zero-order valence-electron chi connectivity index (χ0n) is 14.0. The van der Waals surface area contributed by atoms with Crippen molar-refractivity contribution in [1.29, 1.82) is 0 Å². The molecule has 0 aromatic heterocycles. The third-order valence-electron chi connectivity index (χ3n) is 4.24. The Hall–Kier alpha value is -1.75. The van der Waals surface area contributed by atoms with E-state index in [4.69, 9.17) is 19.0 Å². The first-order chi connectivity index (χ1) is 11.3. The molecular formula is C18H25NO4. The van der Waals surface area contributed by atoms with Gasteiger partial charge in [0, 0.05) is 18.4 Å². The predicted molar refractivity (Wildman–Crippen MR) is 88.4 cm³/mol. The molecule has 0 amide bonds. The summed E-state index contributed by atoms with van der Waals surface area (Å²) in [6.07, 6.45) is 3.84. The minimum absolute atomic E-state index is 0.253. The van der Waals surface area contributed by atoms with Crippen LogP contribution in [0.15, 0.2) is 23.4 Å². The van der Waals surface area contributed by atoms with E-state index in [1.807, 2.05) is 25.1 Å². The standard InChI is InChI=1S/C18H25NO4/c1-3-5-9-22-16-7-6-14(11-17(16)21-4-2)15-12-18(23-19-15)8-10-20-13-18/h6-7,11H,3-5,8-10,12-13H2,1-2H3. The van der Waals surface area contributed by atoms with Gasteiger partial charge < -0.3 is 19.0 Å². The van der Waals surface area contributed by atoms with Crippen molar-refractivity contribution in [1.82, 2.24) is 0 Å². The van der Waals surface area contributed by atoms with Crippen LogP contribution in [0.4, 0.5) is 0 Å². The molecule has 1 aromatic rings. The highest BCUT2D eigenvalue weighted by molar-refractivity contribution is 6.02. The maximum Gasteiger partial charge on any atom is 0.168 e. The fraction of sp³-hybridized carbons (Fsp3) is 0.611. The van der Waals surface area contributed by atoms with Crippen molar-refractivity contribution < 1.29 is 19.0 Å². The number of benzene rings is 1. The molecule has 1 unspecified atom stereocenters. The molecule has 23 heavy (non-hydrogen) atoms. The Bertz CT molecular complexity index is 564. The van der Waals surface area contributed by atoms with E-state index in [2.05, 4.69) is 12.1 Å². The van der Waals surface area contributed by atoms with E-state index in [1.54, 1.807) is 0 Å². The van der Waals surface area contributed by atoms with Gasteiger partial charge in [-0.2, -0.15) is 0 Å². The Kier molecular flexibility index (Phi) is 5.06. The Morgan fingerprint density at radius 1 is 1.22 bits per heavy atom. The van der Waals surface area contributed by atoms with E-state index in [0.29, 0.717) is 19.8 Å². The minimum atomic E-state index is -0.253. The molecule has 2 heterocycles. The van der Waals surface area contributed by atoms with Crippen LogP contribution in [0.25, 0.3) is 0 Å². The van der Waals surface area contributed by atoms with Crippen molar-refractivity contribution in [3.63, 3.8) is 0 Å². The highest BCUT2D eigenvalue weighted by atomic mass is 16.7. The van der Waals surface area contributed by atoms with E-state index in [9.17, 15) is 0 Å². The van der Waals surface area contributed by atoms with Crippen LogP contribution < -0.4 is 9.47 Å². The zero-order valence-corrected chi connectivity index (χ0v) is 14.0. The maximum absolute atomic E-state index is 5.82. The molecule has 5 nitrogen and oxygen atoms in total. The topological polar surface area (TPSA) is 49.3 Å². The number of rotatable bonds is 7. The van der Waals surface area contributed by atoms with Gasteiger partial charge in [0.05, 0.1) is 32.1 Å². The van der Waals surface area contributed by atoms with Gasteiger partial charge in [-0.1, -0.05) is 18.5 Å². The lowest BCUT2D eigenvalue weighted by molar-refractivity contribution is -0.0237. The van der Waals surface area contributed by atoms with Crippen LogP contribution in [0, 0.1) is 0 Å². The molecule has 0 radical (unpaired) electrons. The van der Waals surface area contributed by atoms with Crippen LogP contribution in [0.2, 0.25) is 0 Å². The van der Waals surface area contributed by atoms with Gasteiger partial charge in [0.1, 0.15) is 0 Å². The summed E-state index contributed by atoms with van der Waals surface area (Å²) in [4.78, 5) is 5.67. The largest absolute Gasteiger partial charge is 0.490 e. The molecule has 0 aliphatic carbocycles. The molecule has 1 spiro atoms. The second-order valence-electron chi connectivity index (χ2n) is 6.09. The van der Waals surface area contributed by atoms with E-state index >= 15 is 0 Å². The van der Waals surface area contributed by atoms with Crippen molar-refractivity contribution in [2.24, 2.45) is 5.16 Å². The molecule has 5 heteroatoms. The van der Waals surface area contributed by atoms with E-state index in [0.717, 1.165) is 55.1 Å². The molecule has 2 aliphatic heterocycles. The molecule has 0 saturated carbocycles. The minimum Gasteiger partial charge on any atom is -0.490 e. The van der Waals surface area contributed by atoms with Crippen molar-refractivity contribution >= 4 is 5.71 Å². The van der Waals surface area contributed by atoms with Gasteiger partial charge in [0.15, 0.2) is 17.1 Å². The maximum atomic E-state index is 5.82. The second kappa shape index (κ2) is 7.21. The van der Waals surface area contributed by atoms with Gasteiger partial charge in [0.2, 0.25) is 0 Å². The summed E-state index contributed by atoms with van der Waals surface area (Å²) in [5.41, 5.74) is 1.73. The molecule has 3 rings (SSSR count). The summed E-state index contributed by atoms with van der Waals surface area (Å²) in [6, 6.07) is 6.00. The van der Waals surface area contributed by atoms with Gasteiger partial charge in [-0.15, -0.1) is 0 Å². The number of hydrogen-bond acceptors (Lipinski definition) is 5. The van der Waals surface area contributed by atoms with Crippen molar-refractivity contribution in [3.05, 3.63) is 23.8 Å². The summed E-state index contributed by atoms with van der Waals surface area (Å²) in [6.45, 7) is 6.81. The molecule has 0 N–H and O–H groups in total. The summed E-state index contributed by atoms with van der Waals surface area (Å²) < 4.78 is 17.0. The Morgan fingerprint density at radius 2 is 2.13 bits per heavy atom. The molecular weight excluding hydrogens is 294 g/mol. The SMILES string of the molecule is CCCCOc1ccc(C2=NOC3(CCOC3)C2)cc1OCC. The van der Waals surface area contributed by atoms with Crippen LogP contribution >= 0.6 is 0 Å². The number of hydrogen-bond donors (Lipinski definition) is 0. The molecule has 126 valence electrons. The molecule has 1 atom stereocenters. The van der Waals surface area contributed by atoms with E-state index < -0.39 is 0 Å². The average molecular weight is 319 g/mol. The van der Waals surface area contributed by atoms with Gasteiger partial charge in [-0.05, 0) is 31.5 Å². The highest BCUT2D eigenvalue weighted by Crippen LogP contribution is 2.36. The lowest BCUT2D eigenvalue weighted by Crippen LogP contribution is -2.29.